The number of hydrogen-bond donors (Lipinski definition) is 2. The van der Waals surface area contributed by atoms with E-state index in [1.807, 2.05) is 13.8 Å². The van der Waals surface area contributed by atoms with Crippen LogP contribution in [0.1, 0.15) is 25.5 Å². The molecule has 0 aliphatic rings. The van der Waals surface area contributed by atoms with Crippen LogP contribution in [0.4, 0.5) is 4.79 Å². The van der Waals surface area contributed by atoms with Crippen molar-refractivity contribution in [2.75, 3.05) is 0 Å². The Morgan fingerprint density at radius 1 is 1.44 bits per heavy atom. The molecular weight excluding hydrogens is 208 g/mol. The predicted octanol–water partition coefficient (Wildman–Crippen LogP) is 2.39. The summed E-state index contributed by atoms with van der Waals surface area (Å²) in [5.74, 6) is 0.165. The monoisotopic (exact) mass is 220 g/mol. The molecule has 0 atom stereocenters. The van der Waals surface area contributed by atoms with Gasteiger partial charge in [0.25, 0.3) is 0 Å². The SMILES string of the molecule is CC(C)c1nn(C(=O)O)c2cc(O)ccc12. The molecule has 0 spiro atoms. The van der Waals surface area contributed by atoms with Gasteiger partial charge in [0.05, 0.1) is 11.2 Å². The third-order valence-corrected chi connectivity index (χ3v) is 2.42. The Morgan fingerprint density at radius 3 is 2.69 bits per heavy atom. The van der Waals surface area contributed by atoms with Gasteiger partial charge >= 0.3 is 6.09 Å². The molecule has 2 rings (SSSR count). The van der Waals surface area contributed by atoms with Crippen molar-refractivity contribution in [3.63, 3.8) is 0 Å². The minimum atomic E-state index is -1.15. The van der Waals surface area contributed by atoms with Gasteiger partial charge in [0, 0.05) is 11.5 Å². The van der Waals surface area contributed by atoms with Gasteiger partial charge in [-0.25, -0.2) is 4.79 Å². The van der Waals surface area contributed by atoms with E-state index in [2.05, 4.69) is 5.10 Å². The van der Waals surface area contributed by atoms with Gasteiger partial charge in [-0.15, -0.1) is 0 Å². The minimum Gasteiger partial charge on any atom is -0.508 e. The fraction of sp³-hybridized carbons (Fsp3) is 0.273. The number of carboxylic acid groups (broad SMARTS) is 1. The average Bonchev–Trinajstić information content (AvgIpc) is 2.56. The Balaban J connectivity index is 2.81. The molecule has 0 bridgehead atoms. The second-order valence-electron chi connectivity index (χ2n) is 3.94. The molecule has 5 nitrogen and oxygen atoms in total. The van der Waals surface area contributed by atoms with E-state index >= 15 is 0 Å². The van der Waals surface area contributed by atoms with E-state index in [1.54, 1.807) is 6.07 Å². The van der Waals surface area contributed by atoms with Crippen molar-refractivity contribution in [1.29, 1.82) is 0 Å². The van der Waals surface area contributed by atoms with Gasteiger partial charge in [-0.1, -0.05) is 13.8 Å². The zero-order chi connectivity index (χ0) is 11.9. The fourth-order valence-corrected chi connectivity index (χ4v) is 1.70. The molecule has 0 saturated heterocycles. The third-order valence-electron chi connectivity index (χ3n) is 2.42. The van der Waals surface area contributed by atoms with Crippen molar-refractivity contribution in [2.24, 2.45) is 0 Å². The number of phenols is 1. The third kappa shape index (κ3) is 1.50. The van der Waals surface area contributed by atoms with Crippen LogP contribution in [0.3, 0.4) is 0 Å². The first kappa shape index (κ1) is 10.5. The fourth-order valence-electron chi connectivity index (χ4n) is 1.70. The summed E-state index contributed by atoms with van der Waals surface area (Å²) in [5, 5.41) is 23.1. The van der Waals surface area contributed by atoms with Gasteiger partial charge < -0.3 is 10.2 Å². The summed E-state index contributed by atoms with van der Waals surface area (Å²) in [5.41, 5.74) is 1.13. The lowest BCUT2D eigenvalue weighted by Crippen LogP contribution is -2.09. The summed E-state index contributed by atoms with van der Waals surface area (Å²) in [6.07, 6.45) is -1.15. The van der Waals surface area contributed by atoms with E-state index in [9.17, 15) is 9.90 Å². The van der Waals surface area contributed by atoms with E-state index in [4.69, 9.17) is 5.11 Å². The normalized spacial score (nSPS) is 11.2. The van der Waals surface area contributed by atoms with Gasteiger partial charge in [-0.3, -0.25) is 0 Å². The van der Waals surface area contributed by atoms with Gasteiger partial charge in [-0.2, -0.15) is 9.78 Å². The lowest BCUT2D eigenvalue weighted by Gasteiger charge is -1.99. The molecule has 5 heteroatoms. The molecule has 0 radical (unpaired) electrons. The molecule has 0 aliphatic heterocycles. The van der Waals surface area contributed by atoms with E-state index < -0.39 is 6.09 Å². The first-order valence-electron chi connectivity index (χ1n) is 4.95. The van der Waals surface area contributed by atoms with Crippen molar-refractivity contribution in [3.8, 4) is 5.75 Å². The molecule has 1 heterocycles. The topological polar surface area (TPSA) is 75.4 Å². The lowest BCUT2D eigenvalue weighted by atomic mass is 10.1. The van der Waals surface area contributed by atoms with Crippen LogP contribution in [-0.4, -0.2) is 26.1 Å². The van der Waals surface area contributed by atoms with Gasteiger partial charge in [0.2, 0.25) is 0 Å². The summed E-state index contributed by atoms with van der Waals surface area (Å²) < 4.78 is 0.893. The second-order valence-corrected chi connectivity index (χ2v) is 3.94. The highest BCUT2D eigenvalue weighted by atomic mass is 16.4. The smallest absolute Gasteiger partial charge is 0.432 e. The van der Waals surface area contributed by atoms with Crippen LogP contribution in [0.15, 0.2) is 18.2 Å². The maximum absolute atomic E-state index is 11.0. The molecule has 16 heavy (non-hydrogen) atoms. The Bertz CT molecular complexity index is 558. The van der Waals surface area contributed by atoms with Crippen LogP contribution in [-0.2, 0) is 0 Å². The van der Waals surface area contributed by atoms with Crippen molar-refractivity contribution in [3.05, 3.63) is 23.9 Å². The van der Waals surface area contributed by atoms with Crippen LogP contribution < -0.4 is 0 Å². The van der Waals surface area contributed by atoms with Crippen LogP contribution >= 0.6 is 0 Å². The summed E-state index contributed by atoms with van der Waals surface area (Å²) >= 11 is 0. The first-order valence-corrected chi connectivity index (χ1v) is 4.95. The van der Waals surface area contributed by atoms with Gasteiger partial charge in [0.1, 0.15) is 5.75 Å². The molecule has 0 saturated carbocycles. The largest absolute Gasteiger partial charge is 0.508 e. The van der Waals surface area contributed by atoms with Crippen molar-refractivity contribution < 1.29 is 15.0 Å². The van der Waals surface area contributed by atoms with Crippen molar-refractivity contribution in [1.82, 2.24) is 9.78 Å². The van der Waals surface area contributed by atoms with Gasteiger partial charge in [0.15, 0.2) is 0 Å². The Labute approximate surface area is 91.9 Å². The van der Waals surface area contributed by atoms with Crippen LogP contribution in [0.2, 0.25) is 0 Å². The summed E-state index contributed by atoms with van der Waals surface area (Å²) in [4.78, 5) is 11.0. The Kier molecular flexibility index (Phi) is 2.30. The number of fused-ring (bicyclic) bond motifs is 1. The highest BCUT2D eigenvalue weighted by Gasteiger charge is 2.16. The first-order chi connectivity index (χ1) is 7.50. The predicted molar refractivity (Wildman–Crippen MR) is 58.9 cm³/mol. The molecule has 2 N–H and O–H groups in total. The molecule has 0 fully saturated rings. The zero-order valence-corrected chi connectivity index (χ0v) is 9.01. The summed E-state index contributed by atoms with van der Waals surface area (Å²) in [6, 6.07) is 4.62. The van der Waals surface area contributed by atoms with E-state index in [1.165, 1.54) is 12.1 Å². The lowest BCUT2D eigenvalue weighted by molar-refractivity contribution is 0.193. The van der Waals surface area contributed by atoms with Crippen LogP contribution in [0.5, 0.6) is 5.75 Å². The van der Waals surface area contributed by atoms with E-state index in [0.717, 1.165) is 15.8 Å². The molecule has 0 amide bonds. The van der Waals surface area contributed by atoms with Crippen LogP contribution in [0, 0.1) is 0 Å². The molecule has 0 aliphatic carbocycles. The Morgan fingerprint density at radius 2 is 2.12 bits per heavy atom. The molecule has 0 unspecified atom stereocenters. The summed E-state index contributed by atoms with van der Waals surface area (Å²) in [6.45, 7) is 3.89. The van der Waals surface area contributed by atoms with Crippen molar-refractivity contribution >= 4 is 17.0 Å². The number of phenolic OH excluding ortho intramolecular Hbond substituents is 1. The number of carbonyl (C=O) groups is 1. The number of rotatable bonds is 1. The molecular formula is C11H12N2O3. The molecule has 1 aromatic carbocycles. The number of hydrogen-bond acceptors (Lipinski definition) is 3. The quantitative estimate of drug-likeness (QED) is 0.773. The molecule has 2 aromatic rings. The highest BCUT2D eigenvalue weighted by Crippen LogP contribution is 2.27. The van der Waals surface area contributed by atoms with E-state index in [0.29, 0.717) is 5.52 Å². The molecule has 84 valence electrons. The summed E-state index contributed by atoms with van der Waals surface area (Å²) in [7, 11) is 0. The maximum atomic E-state index is 11.0. The van der Waals surface area contributed by atoms with Crippen molar-refractivity contribution in [2.45, 2.75) is 19.8 Å². The zero-order valence-electron chi connectivity index (χ0n) is 9.01. The minimum absolute atomic E-state index is 0.0326. The number of aromatic hydroxyl groups is 1. The van der Waals surface area contributed by atoms with Crippen LogP contribution in [0.25, 0.3) is 10.9 Å². The Hall–Kier alpha value is -2.04. The molecule has 1 aromatic heterocycles. The number of benzene rings is 1. The standard InChI is InChI=1S/C11H12N2O3/c1-6(2)10-8-4-3-7(14)5-9(8)13(12-10)11(15)16/h3-6,14H,1-2H3,(H,15,16). The second kappa shape index (κ2) is 3.52. The van der Waals surface area contributed by atoms with Gasteiger partial charge in [-0.05, 0) is 18.1 Å². The highest BCUT2D eigenvalue weighted by molar-refractivity contribution is 5.90. The average molecular weight is 220 g/mol. The maximum Gasteiger partial charge on any atom is 0.432 e. The number of nitrogens with zero attached hydrogens (tertiary/aromatic N) is 2. The number of aromatic nitrogens is 2. The van der Waals surface area contributed by atoms with E-state index in [-0.39, 0.29) is 11.7 Å².